The summed E-state index contributed by atoms with van der Waals surface area (Å²) in [6, 6.07) is 17.0. The number of carboxylic acids is 1. The van der Waals surface area contributed by atoms with Crippen molar-refractivity contribution in [2.75, 3.05) is 6.61 Å². The summed E-state index contributed by atoms with van der Waals surface area (Å²) in [4.78, 5) is 48.4. The maximum atomic E-state index is 13.2. The smallest absolute Gasteiger partial charge is 0.325 e. The Morgan fingerprint density at radius 3 is 2.08 bits per heavy atom. The fraction of sp³-hybridized carbons (Fsp3) is 0.395. The molecule has 9 nitrogen and oxygen atoms in total. The maximum Gasteiger partial charge on any atom is 0.325 e. The zero-order valence-electron chi connectivity index (χ0n) is 28.4. The molecule has 0 aliphatic carbocycles. The topological polar surface area (TPSA) is 131 Å². The summed E-state index contributed by atoms with van der Waals surface area (Å²) >= 11 is 1.37. The van der Waals surface area contributed by atoms with E-state index in [4.69, 9.17) is 4.74 Å². The van der Waals surface area contributed by atoms with Gasteiger partial charge < -0.3 is 20.5 Å². The van der Waals surface area contributed by atoms with Crippen LogP contribution in [0.1, 0.15) is 86.8 Å². The van der Waals surface area contributed by atoms with E-state index in [-0.39, 0.29) is 17.7 Å². The van der Waals surface area contributed by atoms with E-state index in [1.165, 1.54) is 43.9 Å². The number of benzene rings is 2. The van der Waals surface area contributed by atoms with Crippen LogP contribution in [-0.4, -0.2) is 51.5 Å². The average Bonchev–Trinajstić information content (AvgIpc) is 3.59. The third kappa shape index (κ3) is 10.5. The monoisotopic (exact) mass is 670 g/mol. The van der Waals surface area contributed by atoms with E-state index < -0.39 is 24.0 Å². The van der Waals surface area contributed by atoms with Crippen molar-refractivity contribution in [1.82, 2.24) is 20.6 Å². The highest BCUT2D eigenvalue weighted by atomic mass is 32.1. The van der Waals surface area contributed by atoms with Gasteiger partial charge in [-0.25, -0.2) is 9.97 Å². The van der Waals surface area contributed by atoms with Gasteiger partial charge in [-0.05, 0) is 54.2 Å². The Labute approximate surface area is 287 Å². The number of amides is 2. The first-order chi connectivity index (χ1) is 22.9. The van der Waals surface area contributed by atoms with Crippen LogP contribution >= 0.6 is 11.3 Å². The number of nitrogens with one attached hydrogen (secondary N) is 2. The molecule has 0 saturated heterocycles. The van der Waals surface area contributed by atoms with Crippen molar-refractivity contribution in [2.45, 2.75) is 90.6 Å². The molecule has 10 heteroatoms. The van der Waals surface area contributed by atoms with Gasteiger partial charge in [0.05, 0.1) is 11.5 Å². The number of unbranched alkanes of at least 4 members (excludes halogenated alkanes) is 4. The molecule has 0 unspecified atom stereocenters. The van der Waals surface area contributed by atoms with Gasteiger partial charge in [0.1, 0.15) is 17.8 Å². The number of rotatable bonds is 16. The molecule has 48 heavy (non-hydrogen) atoms. The lowest BCUT2D eigenvalue weighted by molar-refractivity contribution is -0.141. The van der Waals surface area contributed by atoms with Crippen LogP contribution in [0.4, 0.5) is 0 Å². The fourth-order valence-electron chi connectivity index (χ4n) is 4.97. The Hall–Kier alpha value is -4.57. The van der Waals surface area contributed by atoms with Crippen molar-refractivity contribution in [1.29, 1.82) is 0 Å². The third-order valence-electron chi connectivity index (χ3n) is 7.93. The average molecular weight is 671 g/mol. The highest BCUT2D eigenvalue weighted by Gasteiger charge is 2.26. The number of thiophene rings is 1. The van der Waals surface area contributed by atoms with Crippen LogP contribution in [0.15, 0.2) is 73.1 Å². The zero-order chi connectivity index (χ0) is 34.7. The van der Waals surface area contributed by atoms with Crippen molar-refractivity contribution >= 4 is 29.1 Å². The first-order valence-electron chi connectivity index (χ1n) is 16.5. The summed E-state index contributed by atoms with van der Waals surface area (Å²) in [5.41, 5.74) is 3.35. The molecule has 254 valence electrons. The molecule has 0 radical (unpaired) electrons. The Morgan fingerprint density at radius 1 is 0.833 bits per heavy atom. The predicted molar refractivity (Wildman–Crippen MR) is 190 cm³/mol. The van der Waals surface area contributed by atoms with Gasteiger partial charge in [0.2, 0.25) is 5.91 Å². The molecule has 0 saturated carbocycles. The van der Waals surface area contributed by atoms with Gasteiger partial charge in [0.25, 0.3) is 5.91 Å². The number of aliphatic carboxylic acids is 1. The lowest BCUT2D eigenvalue weighted by Gasteiger charge is -2.20. The Morgan fingerprint density at radius 2 is 1.48 bits per heavy atom. The van der Waals surface area contributed by atoms with Gasteiger partial charge in [-0.1, -0.05) is 89.8 Å². The summed E-state index contributed by atoms with van der Waals surface area (Å²) < 4.78 is 5.88. The minimum atomic E-state index is -1.16. The standard InChI is InChI=1S/C38H46N4O5S/c1-6-7-8-9-10-21-47-30-17-15-27(16-18-30)29-23-39-34(40-24-29)28-13-11-26(12-14-28)22-31(35(43)41-25(2)37(45)46)42-36(44)32-19-20-33(48-32)38(3,4)5/h11-20,23-25,31H,6-10,21-22H2,1-5H3,(H,41,43)(H,42,44)(H,45,46)/t25-,31+/m1/s1. The molecule has 0 bridgehead atoms. The van der Waals surface area contributed by atoms with Crippen molar-refractivity contribution in [2.24, 2.45) is 0 Å². The van der Waals surface area contributed by atoms with Crippen LogP contribution in [0.5, 0.6) is 5.75 Å². The number of carbonyl (C=O) groups is 3. The van der Waals surface area contributed by atoms with Gasteiger partial charge in [-0.3, -0.25) is 14.4 Å². The molecule has 0 fully saturated rings. The molecule has 2 aromatic carbocycles. The van der Waals surface area contributed by atoms with Crippen LogP contribution in [0.25, 0.3) is 22.5 Å². The molecular weight excluding hydrogens is 625 g/mol. The minimum absolute atomic E-state index is 0.115. The van der Waals surface area contributed by atoms with E-state index in [0.29, 0.717) is 10.7 Å². The van der Waals surface area contributed by atoms with Crippen molar-refractivity contribution in [3.05, 3.63) is 88.4 Å². The first-order valence-corrected chi connectivity index (χ1v) is 17.3. The second-order valence-electron chi connectivity index (χ2n) is 13.0. The lowest BCUT2D eigenvalue weighted by Crippen LogP contribution is -2.51. The largest absolute Gasteiger partial charge is 0.494 e. The summed E-state index contributed by atoms with van der Waals surface area (Å²) in [6.07, 6.45) is 9.75. The molecule has 0 aliphatic heterocycles. The molecule has 2 heterocycles. The van der Waals surface area contributed by atoms with Gasteiger partial charge in [0, 0.05) is 34.8 Å². The highest BCUT2D eigenvalue weighted by Crippen LogP contribution is 2.29. The summed E-state index contributed by atoms with van der Waals surface area (Å²) in [5.74, 6) is -0.715. The number of ether oxygens (including phenoxy) is 1. The van der Waals surface area contributed by atoms with Crippen LogP contribution in [-0.2, 0) is 21.4 Å². The van der Waals surface area contributed by atoms with Crippen LogP contribution in [0.2, 0.25) is 0 Å². The van der Waals surface area contributed by atoms with E-state index >= 15 is 0 Å². The Kier molecular flexibility index (Phi) is 12.9. The van der Waals surface area contributed by atoms with E-state index in [9.17, 15) is 19.5 Å². The molecule has 2 amide bonds. The molecule has 4 aromatic rings. The minimum Gasteiger partial charge on any atom is -0.494 e. The SMILES string of the molecule is CCCCCCCOc1ccc(-c2cnc(-c3ccc(C[C@H](NC(=O)c4ccc(C(C)(C)C)s4)C(=O)N[C@H](C)C(=O)O)cc3)nc2)cc1. The molecule has 0 aliphatic rings. The Balaban J connectivity index is 1.40. The number of hydrogen-bond donors (Lipinski definition) is 3. The Bertz CT molecular complexity index is 1640. The molecule has 3 N–H and O–H groups in total. The number of nitrogens with zero attached hydrogens (tertiary/aromatic N) is 2. The normalized spacial score (nSPS) is 12.6. The van der Waals surface area contributed by atoms with Gasteiger partial charge in [-0.15, -0.1) is 11.3 Å². The highest BCUT2D eigenvalue weighted by molar-refractivity contribution is 7.14. The van der Waals surface area contributed by atoms with Crippen LogP contribution in [0, 0.1) is 0 Å². The second-order valence-corrected chi connectivity index (χ2v) is 14.1. The third-order valence-corrected chi connectivity index (χ3v) is 9.44. The van der Waals surface area contributed by atoms with Crippen LogP contribution in [0.3, 0.4) is 0 Å². The molecular formula is C38H46N4O5S. The first kappa shape index (κ1) is 36.3. The van der Waals surface area contributed by atoms with E-state index in [0.717, 1.165) is 45.9 Å². The molecule has 2 aromatic heterocycles. The predicted octanol–water partition coefficient (Wildman–Crippen LogP) is 7.45. The molecule has 4 rings (SSSR count). The number of hydrogen-bond acceptors (Lipinski definition) is 7. The lowest BCUT2D eigenvalue weighted by atomic mass is 9.95. The second kappa shape index (κ2) is 17.0. The maximum absolute atomic E-state index is 13.2. The van der Waals surface area contributed by atoms with E-state index in [2.05, 4.69) is 48.3 Å². The van der Waals surface area contributed by atoms with Crippen molar-refractivity contribution in [3.63, 3.8) is 0 Å². The van der Waals surface area contributed by atoms with E-state index in [1.54, 1.807) is 18.5 Å². The zero-order valence-corrected chi connectivity index (χ0v) is 29.2. The fourth-order valence-corrected chi connectivity index (χ4v) is 5.94. The summed E-state index contributed by atoms with van der Waals surface area (Å²) in [6.45, 7) is 10.5. The number of aromatic nitrogens is 2. The number of carbonyl (C=O) groups excluding carboxylic acids is 2. The van der Waals surface area contributed by atoms with Gasteiger partial charge in [-0.2, -0.15) is 0 Å². The van der Waals surface area contributed by atoms with Gasteiger partial charge in [0.15, 0.2) is 5.82 Å². The molecule has 2 atom stereocenters. The van der Waals surface area contributed by atoms with Gasteiger partial charge >= 0.3 is 5.97 Å². The summed E-state index contributed by atoms with van der Waals surface area (Å²) in [5, 5.41) is 14.6. The van der Waals surface area contributed by atoms with Crippen molar-refractivity contribution in [3.8, 4) is 28.3 Å². The molecule has 0 spiro atoms. The van der Waals surface area contributed by atoms with Crippen molar-refractivity contribution < 1.29 is 24.2 Å². The van der Waals surface area contributed by atoms with E-state index in [1.807, 2.05) is 54.6 Å². The quantitative estimate of drug-likeness (QED) is 0.106. The summed E-state index contributed by atoms with van der Waals surface area (Å²) in [7, 11) is 0. The van der Waals surface area contributed by atoms with Crippen LogP contribution < -0.4 is 15.4 Å². The number of carboxylic acid groups (broad SMARTS) is 1.